The molecule has 1 unspecified atom stereocenters. The number of rotatable bonds is 8. The Balaban J connectivity index is 1.23. The molecule has 1 aliphatic rings. The zero-order valence-electron chi connectivity index (χ0n) is 22.9. The average Bonchev–Trinajstić information content (AvgIpc) is 2.95. The second kappa shape index (κ2) is 11.7. The molecule has 1 N–H and O–H groups in total. The first-order valence-electron chi connectivity index (χ1n) is 13.6. The molecule has 5 rings (SSSR count). The van der Waals surface area contributed by atoms with E-state index in [1.54, 1.807) is 25.4 Å². The molecule has 0 bridgehead atoms. The van der Waals surface area contributed by atoms with Crippen LogP contribution in [0.25, 0.3) is 16.5 Å². The van der Waals surface area contributed by atoms with Gasteiger partial charge in [-0.1, -0.05) is 36.4 Å². The molecule has 1 fully saturated rings. The molecule has 202 valence electrons. The molecule has 0 radical (unpaired) electrons. The van der Waals surface area contributed by atoms with E-state index in [9.17, 15) is 9.59 Å². The van der Waals surface area contributed by atoms with Gasteiger partial charge in [0.25, 0.3) is 11.5 Å². The lowest BCUT2D eigenvalue weighted by atomic mass is 10.1. The van der Waals surface area contributed by atoms with Crippen molar-refractivity contribution >= 4 is 22.4 Å². The number of anilines is 1. The number of amides is 1. The van der Waals surface area contributed by atoms with Crippen LogP contribution in [0.2, 0.25) is 0 Å². The van der Waals surface area contributed by atoms with Crippen molar-refractivity contribution in [3.8, 4) is 11.4 Å². The second-order valence-electron chi connectivity index (χ2n) is 10.3. The van der Waals surface area contributed by atoms with E-state index in [0.29, 0.717) is 40.4 Å². The van der Waals surface area contributed by atoms with Gasteiger partial charge in [-0.3, -0.25) is 19.1 Å². The number of aryl methyl sites for hydroxylation is 1. The molecule has 39 heavy (non-hydrogen) atoms. The normalized spacial score (nSPS) is 15.9. The van der Waals surface area contributed by atoms with E-state index in [0.717, 1.165) is 32.6 Å². The number of fused-ring (bicyclic) bond motifs is 1. The number of benzene rings is 3. The molecule has 1 atom stereocenters. The summed E-state index contributed by atoms with van der Waals surface area (Å²) in [7, 11) is 1.59. The monoisotopic (exact) mass is 524 g/mol. The number of nitrogens with zero attached hydrogens (tertiary/aromatic N) is 3. The van der Waals surface area contributed by atoms with Gasteiger partial charge in [-0.25, -0.2) is 0 Å². The van der Waals surface area contributed by atoms with Crippen LogP contribution in [0.5, 0.6) is 5.75 Å². The van der Waals surface area contributed by atoms with Crippen molar-refractivity contribution in [1.82, 2.24) is 14.8 Å². The first kappa shape index (κ1) is 26.5. The van der Waals surface area contributed by atoms with Crippen LogP contribution in [0.1, 0.15) is 29.3 Å². The number of piperazine rings is 1. The summed E-state index contributed by atoms with van der Waals surface area (Å²) < 4.78 is 6.86. The highest BCUT2D eigenvalue weighted by Gasteiger charge is 2.23. The van der Waals surface area contributed by atoms with Crippen LogP contribution < -0.4 is 20.5 Å². The number of hydrogen-bond donors (Lipinski definition) is 1. The number of carbonyl (C=O) groups is 1. The van der Waals surface area contributed by atoms with Crippen molar-refractivity contribution < 1.29 is 9.53 Å². The van der Waals surface area contributed by atoms with E-state index in [2.05, 4.69) is 53.2 Å². The van der Waals surface area contributed by atoms with Crippen molar-refractivity contribution in [1.29, 1.82) is 0 Å². The molecule has 7 heteroatoms. The summed E-state index contributed by atoms with van der Waals surface area (Å²) >= 11 is 0. The minimum absolute atomic E-state index is 0.172. The molecule has 0 aliphatic carbocycles. The number of aromatic nitrogens is 1. The van der Waals surface area contributed by atoms with Crippen LogP contribution in [0.4, 0.5) is 5.69 Å². The van der Waals surface area contributed by atoms with Crippen molar-refractivity contribution in [3.05, 3.63) is 100 Å². The van der Waals surface area contributed by atoms with Crippen LogP contribution in [0.15, 0.2) is 83.8 Å². The third kappa shape index (κ3) is 5.83. The quantitative estimate of drug-likeness (QED) is 0.340. The van der Waals surface area contributed by atoms with E-state index < -0.39 is 0 Å². The number of hydrogen-bond acceptors (Lipinski definition) is 5. The highest BCUT2D eigenvalue weighted by atomic mass is 16.5. The van der Waals surface area contributed by atoms with E-state index in [-0.39, 0.29) is 11.5 Å². The number of nitrogens with one attached hydrogen (secondary N) is 1. The summed E-state index contributed by atoms with van der Waals surface area (Å²) in [5.74, 6) is 0.466. The molecule has 0 spiro atoms. The molecule has 7 nitrogen and oxygen atoms in total. The number of pyridine rings is 1. The smallest absolute Gasteiger partial charge is 0.262 e. The highest BCUT2D eigenvalue weighted by molar-refractivity contribution is 6.06. The molecular formula is C32H36N4O3. The van der Waals surface area contributed by atoms with Gasteiger partial charge in [-0.15, -0.1) is 0 Å². The van der Waals surface area contributed by atoms with E-state index in [4.69, 9.17) is 4.74 Å². The third-order valence-corrected chi connectivity index (χ3v) is 7.48. The highest BCUT2D eigenvalue weighted by Crippen LogP contribution is 2.22. The Hall–Kier alpha value is -4.10. The van der Waals surface area contributed by atoms with Crippen LogP contribution in [-0.4, -0.2) is 61.2 Å². The molecule has 2 heterocycles. The van der Waals surface area contributed by atoms with Gasteiger partial charge in [-0.05, 0) is 62.7 Å². The van der Waals surface area contributed by atoms with E-state index in [1.807, 2.05) is 36.4 Å². The number of carbonyl (C=O) groups excluding carboxylic acids is 1. The van der Waals surface area contributed by atoms with Gasteiger partial charge in [0.1, 0.15) is 5.75 Å². The Kier molecular flexibility index (Phi) is 7.98. The summed E-state index contributed by atoms with van der Waals surface area (Å²) in [6.45, 7) is 8.90. The van der Waals surface area contributed by atoms with Gasteiger partial charge in [0.05, 0.1) is 18.4 Å². The van der Waals surface area contributed by atoms with Crippen molar-refractivity contribution in [3.63, 3.8) is 0 Å². The zero-order chi connectivity index (χ0) is 27.4. The SMILES string of the molecule is COc1cccc(-n2cc(C(=O)NCCCN3CCN(c4cccc(C)c4)C(C)C3)c3ccccc3c2=O)c1. The fourth-order valence-electron chi connectivity index (χ4n) is 5.45. The van der Waals surface area contributed by atoms with Crippen molar-refractivity contribution in [2.45, 2.75) is 26.3 Å². The first-order valence-corrected chi connectivity index (χ1v) is 13.6. The Morgan fingerprint density at radius 2 is 1.74 bits per heavy atom. The minimum atomic E-state index is -0.180. The van der Waals surface area contributed by atoms with Gasteiger partial charge in [0.15, 0.2) is 0 Å². The minimum Gasteiger partial charge on any atom is -0.497 e. The number of ether oxygens (including phenoxy) is 1. The molecule has 1 aliphatic heterocycles. The summed E-state index contributed by atoms with van der Waals surface area (Å²) in [4.78, 5) is 31.6. The predicted octanol–water partition coefficient (Wildman–Crippen LogP) is 4.64. The van der Waals surface area contributed by atoms with Crippen LogP contribution in [-0.2, 0) is 0 Å². The first-order chi connectivity index (χ1) is 18.9. The zero-order valence-corrected chi connectivity index (χ0v) is 22.9. The molecule has 1 saturated heterocycles. The third-order valence-electron chi connectivity index (χ3n) is 7.48. The molecule has 1 aromatic heterocycles. The Bertz CT molecular complexity index is 1530. The Morgan fingerprint density at radius 3 is 2.51 bits per heavy atom. The van der Waals surface area contributed by atoms with Gasteiger partial charge in [0.2, 0.25) is 0 Å². The maximum atomic E-state index is 13.3. The Morgan fingerprint density at radius 1 is 0.974 bits per heavy atom. The second-order valence-corrected chi connectivity index (χ2v) is 10.3. The molecule has 1 amide bonds. The summed E-state index contributed by atoms with van der Waals surface area (Å²) in [6.07, 6.45) is 2.50. The maximum Gasteiger partial charge on any atom is 0.262 e. The van der Waals surface area contributed by atoms with Gasteiger partial charge in [-0.2, -0.15) is 0 Å². The predicted molar refractivity (Wildman–Crippen MR) is 157 cm³/mol. The topological polar surface area (TPSA) is 66.8 Å². The van der Waals surface area contributed by atoms with Gasteiger partial charge < -0.3 is 15.0 Å². The summed E-state index contributed by atoms with van der Waals surface area (Å²) in [6, 6.07) is 23.7. The van der Waals surface area contributed by atoms with Crippen LogP contribution >= 0.6 is 0 Å². The molecule has 3 aromatic carbocycles. The maximum absolute atomic E-state index is 13.3. The molecular weight excluding hydrogens is 488 g/mol. The van der Waals surface area contributed by atoms with Crippen molar-refractivity contribution in [2.24, 2.45) is 0 Å². The van der Waals surface area contributed by atoms with Crippen molar-refractivity contribution in [2.75, 3.05) is 44.7 Å². The lowest BCUT2D eigenvalue weighted by Crippen LogP contribution is -2.52. The van der Waals surface area contributed by atoms with E-state index in [1.165, 1.54) is 15.8 Å². The number of methoxy groups -OCH3 is 1. The van der Waals surface area contributed by atoms with Gasteiger partial charge >= 0.3 is 0 Å². The summed E-state index contributed by atoms with van der Waals surface area (Å²) in [5.41, 5.74) is 3.53. The average molecular weight is 525 g/mol. The Labute approximate surface area is 229 Å². The van der Waals surface area contributed by atoms with Gasteiger partial charge in [0, 0.05) is 60.9 Å². The van der Waals surface area contributed by atoms with Crippen LogP contribution in [0, 0.1) is 6.92 Å². The molecule has 4 aromatic rings. The standard InChI is InChI=1S/C32H36N4O3/c1-23-9-6-10-25(19-23)35-18-17-34(21-24(35)2)16-8-15-33-31(37)30-22-36(26-11-7-12-27(20-26)39-3)32(38)29-14-5-4-13-28(29)30/h4-7,9-14,19-20,22,24H,8,15-18,21H2,1-3H3,(H,33,37). The fraction of sp³-hybridized carbons (Fsp3) is 0.312. The largest absolute Gasteiger partial charge is 0.497 e. The lowest BCUT2D eigenvalue weighted by molar-refractivity contribution is 0.0952. The molecule has 0 saturated carbocycles. The summed E-state index contributed by atoms with van der Waals surface area (Å²) in [5, 5.41) is 4.25. The fourth-order valence-corrected chi connectivity index (χ4v) is 5.45. The van der Waals surface area contributed by atoms with E-state index >= 15 is 0 Å². The lowest BCUT2D eigenvalue weighted by Gasteiger charge is -2.41. The van der Waals surface area contributed by atoms with Crippen LogP contribution in [0.3, 0.4) is 0 Å².